The Balaban J connectivity index is 2.27. The van der Waals surface area contributed by atoms with Gasteiger partial charge in [-0.05, 0) is 69.7 Å². The van der Waals surface area contributed by atoms with Crippen molar-refractivity contribution in [2.75, 3.05) is 13.1 Å². The van der Waals surface area contributed by atoms with E-state index in [-0.39, 0.29) is 32.1 Å². The lowest BCUT2D eigenvalue weighted by Gasteiger charge is -2.25. The van der Waals surface area contributed by atoms with E-state index in [0.29, 0.717) is 38.8 Å². The van der Waals surface area contributed by atoms with Crippen molar-refractivity contribution >= 4 is 40.5 Å². The van der Waals surface area contributed by atoms with Gasteiger partial charge < -0.3 is 49.0 Å². The number of aliphatic carboxylic acids is 1. The number of aromatic amines is 1. The van der Waals surface area contributed by atoms with Crippen molar-refractivity contribution in [3.8, 4) is 0 Å². The lowest BCUT2D eigenvalue weighted by atomic mass is 10.0. The van der Waals surface area contributed by atoms with Crippen molar-refractivity contribution in [1.29, 1.82) is 0 Å². The average molecular weight is 589 g/mol. The third-order valence-electron chi connectivity index (χ3n) is 6.91. The summed E-state index contributed by atoms with van der Waals surface area (Å²) >= 11 is 0. The maximum atomic E-state index is 13.6. The number of H-pyrrole nitrogens is 1. The van der Waals surface area contributed by atoms with Crippen LogP contribution < -0.4 is 38.9 Å². The Hall–Kier alpha value is -4.01. The van der Waals surface area contributed by atoms with E-state index in [4.69, 9.17) is 22.9 Å². The van der Waals surface area contributed by atoms with Gasteiger partial charge in [0.25, 0.3) is 0 Å². The number of amides is 4. The third-order valence-corrected chi connectivity index (χ3v) is 6.91. The Labute approximate surface area is 244 Å². The van der Waals surface area contributed by atoms with Crippen LogP contribution in [0.1, 0.15) is 56.9 Å². The van der Waals surface area contributed by atoms with Crippen LogP contribution in [0.25, 0.3) is 10.9 Å². The summed E-state index contributed by atoms with van der Waals surface area (Å²) in [4.78, 5) is 65.8. The topological polar surface area (TPSA) is 262 Å². The molecule has 42 heavy (non-hydrogen) atoms. The number of rotatable bonds is 20. The van der Waals surface area contributed by atoms with E-state index < -0.39 is 53.8 Å². The fraction of sp³-hybridized carbons (Fsp3) is 0.536. The van der Waals surface area contributed by atoms with Gasteiger partial charge in [-0.25, -0.2) is 4.79 Å². The number of hydrogen-bond donors (Lipinski definition) is 9. The summed E-state index contributed by atoms with van der Waals surface area (Å²) in [6.45, 7) is 0.773. The fourth-order valence-corrected chi connectivity index (χ4v) is 4.49. The van der Waals surface area contributed by atoms with Crippen LogP contribution in [0.15, 0.2) is 30.5 Å². The highest BCUT2D eigenvalue weighted by Crippen LogP contribution is 2.19. The molecule has 0 aliphatic rings. The number of unbranched alkanes of at least 4 members (excludes halogenated alkanes) is 2. The van der Waals surface area contributed by atoms with Crippen LogP contribution in [0, 0.1) is 0 Å². The number of carbonyl (C=O) groups is 5. The van der Waals surface area contributed by atoms with Crippen LogP contribution in [0.3, 0.4) is 0 Å². The first-order valence-corrected chi connectivity index (χ1v) is 14.2. The zero-order chi connectivity index (χ0) is 31.1. The molecule has 0 saturated carbocycles. The smallest absolute Gasteiger partial charge is 0.326 e. The number of para-hydroxylation sites is 1. The number of aromatic nitrogens is 1. The second-order valence-corrected chi connectivity index (χ2v) is 10.3. The molecule has 0 fully saturated rings. The molecule has 2 aromatic rings. The van der Waals surface area contributed by atoms with E-state index in [9.17, 15) is 29.1 Å². The van der Waals surface area contributed by atoms with E-state index in [1.165, 1.54) is 0 Å². The molecule has 1 heterocycles. The lowest BCUT2D eigenvalue weighted by Crippen LogP contribution is -2.57. The molecule has 0 bridgehead atoms. The third kappa shape index (κ3) is 11.1. The van der Waals surface area contributed by atoms with Gasteiger partial charge in [-0.1, -0.05) is 18.2 Å². The molecule has 0 aliphatic heterocycles. The second kappa shape index (κ2) is 17.7. The van der Waals surface area contributed by atoms with E-state index >= 15 is 0 Å². The SMILES string of the molecule is NCCCCC(NC(=O)C(CCCCN)NC(=O)C(Cc1c[nH]c2ccccc12)NC(=O)C(N)CCC(N)=O)C(=O)O. The maximum absolute atomic E-state index is 13.6. The number of benzene rings is 1. The highest BCUT2D eigenvalue weighted by atomic mass is 16.4. The minimum absolute atomic E-state index is 0.00650. The summed E-state index contributed by atoms with van der Waals surface area (Å²) in [6, 6.07) is 2.99. The molecule has 4 atom stereocenters. The summed E-state index contributed by atoms with van der Waals surface area (Å²) in [7, 11) is 0. The quantitative estimate of drug-likeness (QED) is 0.0866. The number of nitrogens with one attached hydrogen (secondary N) is 4. The van der Waals surface area contributed by atoms with Gasteiger partial charge in [0.2, 0.25) is 23.6 Å². The standard InChI is InChI=1S/C28H44N8O6/c29-13-5-3-9-21(26(39)35-22(28(41)42)10-4-6-14-30)34-27(40)23(36-25(38)19(31)11-12-24(32)37)15-17-16-33-20-8-2-1-7-18(17)20/h1-2,7-8,16,19,21-23,33H,3-6,9-15,29-31H2,(H2,32,37)(H,34,40)(H,35,39)(H,36,38)(H,41,42). The maximum Gasteiger partial charge on any atom is 0.326 e. The number of carboxylic acid groups (broad SMARTS) is 1. The Morgan fingerprint density at radius 1 is 0.786 bits per heavy atom. The van der Waals surface area contributed by atoms with E-state index in [1.807, 2.05) is 24.3 Å². The van der Waals surface area contributed by atoms with Crippen molar-refractivity contribution in [3.05, 3.63) is 36.0 Å². The van der Waals surface area contributed by atoms with E-state index in [2.05, 4.69) is 20.9 Å². The van der Waals surface area contributed by atoms with Crippen molar-refractivity contribution in [2.24, 2.45) is 22.9 Å². The van der Waals surface area contributed by atoms with Gasteiger partial charge in [0.15, 0.2) is 0 Å². The molecule has 1 aromatic carbocycles. The van der Waals surface area contributed by atoms with Gasteiger partial charge in [-0.15, -0.1) is 0 Å². The van der Waals surface area contributed by atoms with E-state index in [0.717, 1.165) is 16.5 Å². The Kier molecular flexibility index (Phi) is 14.4. The molecule has 13 N–H and O–H groups in total. The van der Waals surface area contributed by atoms with Crippen LogP contribution in [-0.2, 0) is 30.4 Å². The largest absolute Gasteiger partial charge is 0.480 e. The molecule has 14 heteroatoms. The van der Waals surface area contributed by atoms with Crippen LogP contribution in [-0.4, -0.2) is 76.9 Å². The number of carboxylic acids is 1. The molecule has 0 aliphatic carbocycles. The lowest BCUT2D eigenvalue weighted by molar-refractivity contribution is -0.142. The molecule has 2 rings (SSSR count). The fourth-order valence-electron chi connectivity index (χ4n) is 4.49. The Bertz CT molecular complexity index is 1200. The number of hydrogen-bond acceptors (Lipinski definition) is 8. The first kappa shape index (κ1) is 34.2. The van der Waals surface area contributed by atoms with Gasteiger partial charge in [-0.2, -0.15) is 0 Å². The molecular weight excluding hydrogens is 544 g/mol. The molecule has 0 radical (unpaired) electrons. The Morgan fingerprint density at radius 3 is 1.98 bits per heavy atom. The second-order valence-electron chi connectivity index (χ2n) is 10.3. The molecule has 4 unspecified atom stereocenters. The van der Waals surface area contributed by atoms with Gasteiger partial charge in [0, 0.05) is 29.9 Å². The number of primary amides is 1. The molecule has 14 nitrogen and oxygen atoms in total. The van der Waals surface area contributed by atoms with Crippen molar-refractivity contribution in [1.82, 2.24) is 20.9 Å². The molecule has 0 saturated heterocycles. The highest BCUT2D eigenvalue weighted by molar-refractivity contribution is 5.95. The van der Waals surface area contributed by atoms with Crippen molar-refractivity contribution in [2.45, 2.75) is 82.0 Å². The monoisotopic (exact) mass is 588 g/mol. The zero-order valence-corrected chi connectivity index (χ0v) is 23.8. The van der Waals surface area contributed by atoms with Crippen LogP contribution >= 0.6 is 0 Å². The van der Waals surface area contributed by atoms with Crippen molar-refractivity contribution in [3.63, 3.8) is 0 Å². The summed E-state index contributed by atoms with van der Waals surface area (Å²) in [6.07, 6.45) is 4.27. The predicted molar refractivity (Wildman–Crippen MR) is 158 cm³/mol. The van der Waals surface area contributed by atoms with Crippen molar-refractivity contribution < 1.29 is 29.1 Å². The van der Waals surface area contributed by atoms with Crippen LogP contribution in [0.2, 0.25) is 0 Å². The summed E-state index contributed by atoms with van der Waals surface area (Å²) < 4.78 is 0. The summed E-state index contributed by atoms with van der Waals surface area (Å²) in [5.41, 5.74) is 23.8. The number of carbonyl (C=O) groups excluding carboxylic acids is 4. The zero-order valence-electron chi connectivity index (χ0n) is 23.8. The Morgan fingerprint density at radius 2 is 1.36 bits per heavy atom. The summed E-state index contributed by atoms with van der Waals surface area (Å²) in [5.74, 6) is -3.78. The molecular formula is C28H44N8O6. The highest BCUT2D eigenvalue weighted by Gasteiger charge is 2.30. The minimum atomic E-state index is -1.19. The predicted octanol–water partition coefficient (Wildman–Crippen LogP) is -0.900. The number of fused-ring (bicyclic) bond motifs is 1. The first-order valence-electron chi connectivity index (χ1n) is 14.2. The summed E-state index contributed by atoms with van der Waals surface area (Å²) in [5, 5.41) is 18.3. The minimum Gasteiger partial charge on any atom is -0.480 e. The molecule has 4 amide bonds. The van der Waals surface area contributed by atoms with Gasteiger partial charge >= 0.3 is 5.97 Å². The normalized spacial score (nSPS) is 14.0. The number of nitrogens with two attached hydrogens (primary N) is 4. The van der Waals surface area contributed by atoms with Crippen LogP contribution in [0.5, 0.6) is 0 Å². The molecule has 0 spiro atoms. The van der Waals surface area contributed by atoms with Crippen LogP contribution in [0.4, 0.5) is 0 Å². The first-order chi connectivity index (χ1) is 20.1. The molecule has 232 valence electrons. The van der Waals surface area contributed by atoms with Gasteiger partial charge in [0.1, 0.15) is 18.1 Å². The van der Waals surface area contributed by atoms with Gasteiger partial charge in [0.05, 0.1) is 6.04 Å². The molecule has 1 aromatic heterocycles. The average Bonchev–Trinajstić information content (AvgIpc) is 3.36. The van der Waals surface area contributed by atoms with E-state index in [1.54, 1.807) is 6.20 Å². The van der Waals surface area contributed by atoms with Gasteiger partial charge in [-0.3, -0.25) is 19.2 Å².